The van der Waals surface area contributed by atoms with Crippen LogP contribution in [0.5, 0.6) is 0 Å². The van der Waals surface area contributed by atoms with Gasteiger partial charge < -0.3 is 13.7 Å². The Balaban J connectivity index is 1.03. The Morgan fingerprint density at radius 2 is 0.808 bits per heavy atom. The predicted molar refractivity (Wildman–Crippen MR) is 208 cm³/mol. The van der Waals surface area contributed by atoms with Crippen molar-refractivity contribution in [3.05, 3.63) is 176 Å². The summed E-state index contributed by atoms with van der Waals surface area (Å²) in [5.74, 6) is 0.943. The number of para-hydroxylation sites is 4. The first-order chi connectivity index (χ1) is 25.6. The van der Waals surface area contributed by atoms with Crippen molar-refractivity contribution in [2.45, 2.75) is 0 Å². The van der Waals surface area contributed by atoms with Crippen LogP contribution in [0.4, 0.5) is 21.5 Å². The summed E-state index contributed by atoms with van der Waals surface area (Å²) in [5.41, 5.74) is 10.2. The second-order valence-electron chi connectivity index (χ2n) is 12.9. The maximum absolute atomic E-state index is 13.8. The number of anilines is 3. The quantitative estimate of drug-likeness (QED) is 0.176. The lowest BCUT2D eigenvalue weighted by molar-refractivity contribution is 0.619. The molecule has 5 nitrogen and oxygen atoms in total. The molecule has 2 aromatic heterocycles. The van der Waals surface area contributed by atoms with Gasteiger partial charge in [-0.2, -0.15) is 0 Å². The van der Waals surface area contributed by atoms with Crippen molar-refractivity contribution in [1.29, 1.82) is 0 Å². The van der Waals surface area contributed by atoms with Gasteiger partial charge in [0.25, 0.3) is 0 Å². The van der Waals surface area contributed by atoms with Gasteiger partial charge in [0, 0.05) is 28.2 Å². The molecule has 2 heterocycles. The molecule has 0 saturated heterocycles. The van der Waals surface area contributed by atoms with Crippen LogP contribution < -0.4 is 4.90 Å². The third kappa shape index (κ3) is 5.34. The normalized spacial score (nSPS) is 11.6. The van der Waals surface area contributed by atoms with Crippen LogP contribution in [0.2, 0.25) is 0 Å². The lowest BCUT2D eigenvalue weighted by atomic mass is 9.98. The predicted octanol–water partition coefficient (Wildman–Crippen LogP) is 12.9. The Kier molecular flexibility index (Phi) is 6.93. The number of hydrogen-bond acceptors (Lipinski definition) is 5. The molecule has 0 aliphatic carbocycles. The standard InChI is InChI=1S/C46H28FN3O2/c47-37-19-13-33-25-31(9-11-35(33)27-37)32-10-12-36-28-40(24-18-34(36)26-32)50(38-20-14-29(15-21-38)45-48-41-5-1-3-7-43(41)51-45)39-22-16-30(17-23-39)46-49-42-6-2-4-8-44(42)52-46/h1-28H. The van der Waals surface area contributed by atoms with Crippen molar-refractivity contribution < 1.29 is 13.2 Å². The molecule has 10 rings (SSSR count). The highest BCUT2D eigenvalue weighted by molar-refractivity contribution is 5.94. The molecule has 0 spiro atoms. The maximum atomic E-state index is 13.8. The van der Waals surface area contributed by atoms with Crippen molar-refractivity contribution in [3.8, 4) is 34.0 Å². The highest BCUT2D eigenvalue weighted by atomic mass is 19.1. The summed E-state index contributed by atoms with van der Waals surface area (Å²) in [5, 5.41) is 4.13. The summed E-state index contributed by atoms with van der Waals surface area (Å²) in [6, 6.07) is 56.2. The zero-order valence-corrected chi connectivity index (χ0v) is 27.7. The number of fused-ring (bicyclic) bond motifs is 4. The van der Waals surface area contributed by atoms with Gasteiger partial charge in [0.05, 0.1) is 0 Å². The number of halogens is 1. The Morgan fingerprint density at radius 3 is 1.35 bits per heavy atom. The number of nitrogens with zero attached hydrogens (tertiary/aromatic N) is 3. The van der Waals surface area contributed by atoms with Gasteiger partial charge in [0.2, 0.25) is 11.8 Å². The first-order valence-corrected chi connectivity index (χ1v) is 17.1. The average molecular weight is 674 g/mol. The molecule has 0 saturated carbocycles. The molecule has 0 aliphatic heterocycles. The summed E-state index contributed by atoms with van der Waals surface area (Å²) in [4.78, 5) is 11.6. The van der Waals surface area contributed by atoms with E-state index in [1.807, 2.05) is 91.0 Å². The molecule has 10 aromatic rings. The number of rotatable bonds is 6. The van der Waals surface area contributed by atoms with Gasteiger partial charge in [-0.15, -0.1) is 0 Å². The summed E-state index contributed by atoms with van der Waals surface area (Å²) in [6.45, 7) is 0. The molecule has 0 N–H and O–H groups in total. The second-order valence-corrected chi connectivity index (χ2v) is 12.9. The van der Waals surface area contributed by atoms with E-state index < -0.39 is 0 Å². The van der Waals surface area contributed by atoms with Crippen LogP contribution in [0.1, 0.15) is 0 Å². The Hall–Kier alpha value is -7.05. The molecule has 246 valence electrons. The van der Waals surface area contributed by atoms with Gasteiger partial charge in [0.1, 0.15) is 16.9 Å². The molecule has 8 aromatic carbocycles. The molecule has 0 fully saturated rings. The molecular formula is C46H28FN3O2. The number of hydrogen-bond donors (Lipinski definition) is 0. The van der Waals surface area contributed by atoms with Crippen LogP contribution in [0.15, 0.2) is 179 Å². The largest absolute Gasteiger partial charge is 0.436 e. The van der Waals surface area contributed by atoms with Crippen molar-refractivity contribution in [2.24, 2.45) is 0 Å². The highest BCUT2D eigenvalue weighted by Gasteiger charge is 2.17. The number of aromatic nitrogens is 2. The zero-order chi connectivity index (χ0) is 34.6. The summed E-state index contributed by atoms with van der Waals surface area (Å²) >= 11 is 0. The monoisotopic (exact) mass is 673 g/mol. The third-order valence-corrected chi connectivity index (χ3v) is 9.55. The Labute approximate surface area is 297 Å². The van der Waals surface area contributed by atoms with Crippen LogP contribution >= 0.6 is 0 Å². The van der Waals surface area contributed by atoms with Gasteiger partial charge in [-0.25, -0.2) is 14.4 Å². The smallest absolute Gasteiger partial charge is 0.227 e. The van der Waals surface area contributed by atoms with Crippen molar-refractivity contribution in [2.75, 3.05) is 4.90 Å². The van der Waals surface area contributed by atoms with E-state index in [2.05, 4.69) is 71.6 Å². The lowest BCUT2D eigenvalue weighted by Crippen LogP contribution is -2.09. The van der Waals surface area contributed by atoms with E-state index in [-0.39, 0.29) is 5.82 Å². The molecule has 0 radical (unpaired) electrons. The van der Waals surface area contributed by atoms with Gasteiger partial charge in [-0.1, -0.05) is 60.7 Å². The first-order valence-electron chi connectivity index (χ1n) is 17.1. The van der Waals surface area contributed by atoms with E-state index in [4.69, 9.17) is 18.8 Å². The van der Waals surface area contributed by atoms with Crippen molar-refractivity contribution in [3.63, 3.8) is 0 Å². The molecule has 0 bridgehead atoms. The Morgan fingerprint density at radius 1 is 0.385 bits per heavy atom. The van der Waals surface area contributed by atoms with Crippen LogP contribution in [-0.2, 0) is 0 Å². The van der Waals surface area contributed by atoms with E-state index in [9.17, 15) is 4.39 Å². The lowest BCUT2D eigenvalue weighted by Gasteiger charge is -2.26. The molecule has 0 amide bonds. The fourth-order valence-corrected chi connectivity index (χ4v) is 6.89. The van der Waals surface area contributed by atoms with Gasteiger partial charge in [-0.3, -0.25) is 0 Å². The topological polar surface area (TPSA) is 55.3 Å². The van der Waals surface area contributed by atoms with Crippen molar-refractivity contribution in [1.82, 2.24) is 9.97 Å². The zero-order valence-electron chi connectivity index (χ0n) is 27.7. The average Bonchev–Trinajstić information content (AvgIpc) is 3.83. The van der Waals surface area contributed by atoms with Gasteiger partial charge in [0.15, 0.2) is 11.2 Å². The minimum atomic E-state index is -0.228. The van der Waals surface area contributed by atoms with Crippen molar-refractivity contribution >= 4 is 60.8 Å². The minimum absolute atomic E-state index is 0.228. The van der Waals surface area contributed by atoms with E-state index in [0.717, 1.165) is 83.1 Å². The molecule has 6 heteroatoms. The van der Waals surface area contributed by atoms with Crippen LogP contribution in [-0.4, -0.2) is 9.97 Å². The fraction of sp³-hybridized carbons (Fsp3) is 0. The van der Waals surface area contributed by atoms with Gasteiger partial charge >= 0.3 is 0 Å². The summed E-state index contributed by atoms with van der Waals surface area (Å²) in [7, 11) is 0. The molecule has 0 aliphatic rings. The SMILES string of the molecule is Fc1ccc2cc(-c3ccc4cc(N(c5ccc(-c6nc7ccccc7o6)cc5)c5ccc(-c6nc7ccccc7o6)cc5)ccc4c3)ccc2c1. The maximum Gasteiger partial charge on any atom is 0.227 e. The van der Waals surface area contributed by atoms with E-state index in [1.54, 1.807) is 6.07 Å². The number of benzene rings is 8. The van der Waals surface area contributed by atoms with E-state index in [0.29, 0.717) is 11.8 Å². The Bertz CT molecular complexity index is 2740. The molecule has 0 unspecified atom stereocenters. The van der Waals surface area contributed by atoms with E-state index in [1.165, 1.54) is 6.07 Å². The van der Waals surface area contributed by atoms with Crippen LogP contribution in [0, 0.1) is 5.82 Å². The summed E-state index contributed by atoms with van der Waals surface area (Å²) < 4.78 is 25.9. The van der Waals surface area contributed by atoms with Crippen LogP contribution in [0.25, 0.3) is 77.8 Å². The first kappa shape index (κ1) is 29.8. The van der Waals surface area contributed by atoms with E-state index >= 15 is 0 Å². The van der Waals surface area contributed by atoms with Crippen LogP contribution in [0.3, 0.4) is 0 Å². The second kappa shape index (κ2) is 12.1. The third-order valence-electron chi connectivity index (χ3n) is 9.55. The summed E-state index contributed by atoms with van der Waals surface area (Å²) in [6.07, 6.45) is 0. The molecular weight excluding hydrogens is 646 g/mol. The molecule has 0 atom stereocenters. The molecule has 52 heavy (non-hydrogen) atoms. The fourth-order valence-electron chi connectivity index (χ4n) is 6.89. The minimum Gasteiger partial charge on any atom is -0.436 e. The highest BCUT2D eigenvalue weighted by Crippen LogP contribution is 2.39. The number of oxazole rings is 2. The van der Waals surface area contributed by atoms with Gasteiger partial charge in [-0.05, 0) is 142 Å².